The molecular formula is C9H13N5. The zero-order valence-corrected chi connectivity index (χ0v) is 7.94. The van der Waals surface area contributed by atoms with Crippen molar-refractivity contribution in [3.05, 3.63) is 29.8 Å². The summed E-state index contributed by atoms with van der Waals surface area (Å²) < 4.78 is 0. The van der Waals surface area contributed by atoms with Gasteiger partial charge < -0.3 is 17.2 Å². The van der Waals surface area contributed by atoms with E-state index in [-0.39, 0.29) is 5.96 Å². The van der Waals surface area contributed by atoms with Crippen molar-refractivity contribution >= 4 is 17.4 Å². The van der Waals surface area contributed by atoms with Gasteiger partial charge in [-0.2, -0.15) is 5.10 Å². The van der Waals surface area contributed by atoms with Crippen LogP contribution in [0.1, 0.15) is 12.5 Å². The fourth-order valence-corrected chi connectivity index (χ4v) is 0.915. The van der Waals surface area contributed by atoms with Gasteiger partial charge in [0.15, 0.2) is 0 Å². The SMILES string of the molecule is C/C(=N\N=C(N)N)c1ccc(N)cc1. The number of benzene rings is 1. The van der Waals surface area contributed by atoms with Gasteiger partial charge in [-0.25, -0.2) is 0 Å². The van der Waals surface area contributed by atoms with E-state index < -0.39 is 0 Å². The number of hydrogen-bond acceptors (Lipinski definition) is 3. The predicted molar refractivity (Wildman–Crippen MR) is 58.9 cm³/mol. The maximum atomic E-state index is 5.54. The Bertz CT molecular complexity index is 359. The molecule has 0 heterocycles. The molecule has 1 aromatic carbocycles. The van der Waals surface area contributed by atoms with Crippen molar-refractivity contribution < 1.29 is 0 Å². The Kier molecular flexibility index (Phi) is 3.06. The number of guanidine groups is 1. The van der Waals surface area contributed by atoms with Crippen LogP contribution in [0.3, 0.4) is 0 Å². The van der Waals surface area contributed by atoms with Crippen molar-refractivity contribution in [3.8, 4) is 0 Å². The van der Waals surface area contributed by atoms with Crippen molar-refractivity contribution in [2.75, 3.05) is 5.73 Å². The molecule has 0 unspecified atom stereocenters. The molecule has 6 N–H and O–H groups in total. The Morgan fingerprint density at radius 1 is 1.07 bits per heavy atom. The van der Waals surface area contributed by atoms with Crippen LogP contribution in [0.5, 0.6) is 0 Å². The first-order chi connectivity index (χ1) is 6.59. The van der Waals surface area contributed by atoms with E-state index in [9.17, 15) is 0 Å². The smallest absolute Gasteiger partial charge is 0.211 e. The van der Waals surface area contributed by atoms with E-state index in [0.29, 0.717) is 5.69 Å². The molecular weight excluding hydrogens is 178 g/mol. The van der Waals surface area contributed by atoms with E-state index >= 15 is 0 Å². The largest absolute Gasteiger partial charge is 0.399 e. The molecule has 0 atom stereocenters. The summed E-state index contributed by atoms with van der Waals surface area (Å²) in [5.41, 5.74) is 18.2. The van der Waals surface area contributed by atoms with Crippen LogP contribution < -0.4 is 17.2 Å². The van der Waals surface area contributed by atoms with Crippen molar-refractivity contribution in [2.45, 2.75) is 6.92 Å². The number of nitrogens with two attached hydrogens (primary N) is 3. The highest BCUT2D eigenvalue weighted by Crippen LogP contribution is 2.06. The minimum Gasteiger partial charge on any atom is -0.399 e. The van der Waals surface area contributed by atoms with E-state index in [4.69, 9.17) is 17.2 Å². The van der Waals surface area contributed by atoms with Crippen LogP contribution in [0.25, 0.3) is 0 Å². The van der Waals surface area contributed by atoms with Crippen LogP contribution in [0, 0.1) is 0 Å². The zero-order chi connectivity index (χ0) is 10.6. The standard InChI is InChI=1S/C9H13N5/c1-6(13-14-9(11)12)7-2-4-8(10)5-3-7/h2-5H,10H2,1H3,(H4,11,12,14)/b13-6+. The molecule has 74 valence electrons. The number of rotatable bonds is 2. The fourth-order valence-electron chi connectivity index (χ4n) is 0.915. The molecule has 1 aromatic rings. The molecule has 5 nitrogen and oxygen atoms in total. The first kappa shape index (κ1) is 10.0. The van der Waals surface area contributed by atoms with Gasteiger partial charge in [-0.1, -0.05) is 12.1 Å². The monoisotopic (exact) mass is 191 g/mol. The number of nitrogen functional groups attached to an aromatic ring is 1. The highest BCUT2D eigenvalue weighted by molar-refractivity contribution is 5.99. The molecule has 0 fully saturated rings. The number of hydrogen-bond donors (Lipinski definition) is 3. The summed E-state index contributed by atoms with van der Waals surface area (Å²) in [4.78, 5) is 0. The molecule has 0 spiro atoms. The fraction of sp³-hybridized carbons (Fsp3) is 0.111. The zero-order valence-electron chi connectivity index (χ0n) is 7.94. The Balaban J connectivity index is 2.89. The number of anilines is 1. The van der Waals surface area contributed by atoms with Crippen LogP contribution in [0.2, 0.25) is 0 Å². The number of nitrogens with zero attached hydrogens (tertiary/aromatic N) is 2. The van der Waals surface area contributed by atoms with Crippen molar-refractivity contribution in [1.82, 2.24) is 0 Å². The lowest BCUT2D eigenvalue weighted by molar-refractivity contribution is 1.20. The van der Waals surface area contributed by atoms with E-state index in [1.807, 2.05) is 19.1 Å². The second-order valence-electron chi connectivity index (χ2n) is 2.83. The van der Waals surface area contributed by atoms with Crippen LogP contribution in [-0.4, -0.2) is 11.7 Å². The molecule has 0 bridgehead atoms. The first-order valence-electron chi connectivity index (χ1n) is 4.08. The molecule has 14 heavy (non-hydrogen) atoms. The molecule has 0 saturated carbocycles. The van der Waals surface area contributed by atoms with Crippen molar-refractivity contribution in [1.29, 1.82) is 0 Å². The second kappa shape index (κ2) is 4.27. The summed E-state index contributed by atoms with van der Waals surface area (Å²) in [6, 6.07) is 7.31. The molecule has 0 radical (unpaired) electrons. The summed E-state index contributed by atoms with van der Waals surface area (Å²) in [5, 5.41) is 7.39. The average Bonchev–Trinajstić information content (AvgIpc) is 2.15. The third kappa shape index (κ3) is 2.78. The van der Waals surface area contributed by atoms with E-state index in [1.165, 1.54) is 0 Å². The Morgan fingerprint density at radius 3 is 2.14 bits per heavy atom. The summed E-state index contributed by atoms with van der Waals surface area (Å²) in [5.74, 6) is -0.0557. The molecule has 0 aromatic heterocycles. The molecule has 0 aliphatic rings. The van der Waals surface area contributed by atoms with Gasteiger partial charge in [0, 0.05) is 5.69 Å². The Hall–Kier alpha value is -2.04. The maximum absolute atomic E-state index is 5.54. The second-order valence-corrected chi connectivity index (χ2v) is 2.83. The third-order valence-electron chi connectivity index (χ3n) is 1.64. The summed E-state index contributed by atoms with van der Waals surface area (Å²) in [6.07, 6.45) is 0. The van der Waals surface area contributed by atoms with Crippen LogP contribution in [0.4, 0.5) is 5.69 Å². The van der Waals surface area contributed by atoms with Gasteiger partial charge in [0.2, 0.25) is 5.96 Å². The molecule has 0 aliphatic carbocycles. The van der Waals surface area contributed by atoms with Gasteiger partial charge in [-0.3, -0.25) is 0 Å². The lowest BCUT2D eigenvalue weighted by Gasteiger charge is -1.98. The van der Waals surface area contributed by atoms with Gasteiger partial charge in [0.1, 0.15) is 0 Å². The quantitative estimate of drug-likeness (QED) is 0.270. The maximum Gasteiger partial charge on any atom is 0.211 e. The average molecular weight is 191 g/mol. The summed E-state index contributed by atoms with van der Waals surface area (Å²) >= 11 is 0. The lowest BCUT2D eigenvalue weighted by atomic mass is 10.1. The van der Waals surface area contributed by atoms with Crippen LogP contribution in [0.15, 0.2) is 34.5 Å². The summed E-state index contributed by atoms with van der Waals surface area (Å²) in [6.45, 7) is 1.82. The van der Waals surface area contributed by atoms with E-state index in [2.05, 4.69) is 10.2 Å². The predicted octanol–water partition coefficient (Wildman–Crippen LogP) is 0.266. The van der Waals surface area contributed by atoms with Gasteiger partial charge in [-0.15, -0.1) is 5.10 Å². The molecule has 0 amide bonds. The topological polar surface area (TPSA) is 103 Å². The van der Waals surface area contributed by atoms with Crippen LogP contribution in [-0.2, 0) is 0 Å². The van der Waals surface area contributed by atoms with E-state index in [0.717, 1.165) is 11.3 Å². The molecule has 0 saturated heterocycles. The summed E-state index contributed by atoms with van der Waals surface area (Å²) in [7, 11) is 0. The van der Waals surface area contributed by atoms with Gasteiger partial charge >= 0.3 is 0 Å². The van der Waals surface area contributed by atoms with Crippen molar-refractivity contribution in [3.63, 3.8) is 0 Å². The van der Waals surface area contributed by atoms with Crippen molar-refractivity contribution in [2.24, 2.45) is 21.7 Å². The Labute approximate surface area is 82.3 Å². The van der Waals surface area contributed by atoms with Gasteiger partial charge in [0.25, 0.3) is 0 Å². The Morgan fingerprint density at radius 2 is 1.64 bits per heavy atom. The molecule has 1 rings (SSSR count). The van der Waals surface area contributed by atoms with Gasteiger partial charge in [-0.05, 0) is 24.6 Å². The highest BCUT2D eigenvalue weighted by atomic mass is 15.3. The first-order valence-corrected chi connectivity index (χ1v) is 4.08. The molecule has 5 heteroatoms. The highest BCUT2D eigenvalue weighted by Gasteiger charge is 1.95. The minimum atomic E-state index is -0.0557. The third-order valence-corrected chi connectivity index (χ3v) is 1.64. The normalized spacial score (nSPS) is 11.1. The van der Waals surface area contributed by atoms with E-state index in [1.54, 1.807) is 12.1 Å². The lowest BCUT2D eigenvalue weighted by Crippen LogP contribution is -2.22. The van der Waals surface area contributed by atoms with Crippen LogP contribution >= 0.6 is 0 Å². The molecule has 0 aliphatic heterocycles. The minimum absolute atomic E-state index is 0.0557. The van der Waals surface area contributed by atoms with Gasteiger partial charge in [0.05, 0.1) is 5.71 Å².